The highest BCUT2D eigenvalue weighted by atomic mass is 16.5. The van der Waals surface area contributed by atoms with Gasteiger partial charge in [0.25, 0.3) is 5.91 Å². The van der Waals surface area contributed by atoms with Gasteiger partial charge in [-0.05, 0) is 30.2 Å². The minimum absolute atomic E-state index is 0.0000538. The average Bonchev–Trinajstić information content (AvgIpc) is 2.69. The van der Waals surface area contributed by atoms with Crippen LogP contribution in [0.2, 0.25) is 0 Å². The Hall–Kier alpha value is -3.15. The molecule has 140 valence electrons. The molecule has 3 rings (SSSR count). The highest BCUT2D eigenvalue weighted by molar-refractivity contribution is 6.02. The summed E-state index contributed by atoms with van der Waals surface area (Å²) in [5.41, 5.74) is 2.20. The summed E-state index contributed by atoms with van der Waals surface area (Å²) in [5, 5.41) is 2.84. The first-order chi connectivity index (χ1) is 13.0. The van der Waals surface area contributed by atoms with E-state index in [0.717, 1.165) is 12.0 Å². The van der Waals surface area contributed by atoms with Crippen LogP contribution in [0, 0.1) is 0 Å². The zero-order valence-electron chi connectivity index (χ0n) is 15.2. The number of hydrogen-bond donors (Lipinski definition) is 1. The molecule has 0 saturated heterocycles. The van der Waals surface area contributed by atoms with Crippen LogP contribution in [-0.4, -0.2) is 37.8 Å². The van der Waals surface area contributed by atoms with E-state index < -0.39 is 0 Å². The van der Waals surface area contributed by atoms with E-state index in [4.69, 9.17) is 4.74 Å². The van der Waals surface area contributed by atoms with Crippen LogP contribution < -0.4 is 15.0 Å². The van der Waals surface area contributed by atoms with Crippen molar-refractivity contribution in [2.24, 2.45) is 0 Å². The molecule has 6 nitrogen and oxygen atoms in total. The number of nitrogens with one attached hydrogen (secondary N) is 1. The van der Waals surface area contributed by atoms with Gasteiger partial charge < -0.3 is 15.0 Å². The van der Waals surface area contributed by atoms with Gasteiger partial charge in [-0.1, -0.05) is 30.3 Å². The fraction of sp³-hybridized carbons (Fsp3) is 0.286. The number of ketones is 1. The Bertz CT molecular complexity index is 849. The summed E-state index contributed by atoms with van der Waals surface area (Å²) in [6, 6.07) is 14.9. The molecule has 0 saturated carbocycles. The van der Waals surface area contributed by atoms with Crippen molar-refractivity contribution >= 4 is 23.3 Å². The van der Waals surface area contributed by atoms with Crippen molar-refractivity contribution < 1.29 is 19.1 Å². The van der Waals surface area contributed by atoms with Gasteiger partial charge in [0.2, 0.25) is 5.91 Å². The van der Waals surface area contributed by atoms with Gasteiger partial charge in [0.05, 0.1) is 5.69 Å². The summed E-state index contributed by atoms with van der Waals surface area (Å²) in [6.45, 7) is 0.542. The average molecular weight is 366 g/mol. The minimum atomic E-state index is -0.162. The molecule has 1 heterocycles. The van der Waals surface area contributed by atoms with Crippen molar-refractivity contribution in [1.82, 2.24) is 5.32 Å². The molecule has 0 fully saturated rings. The zero-order valence-corrected chi connectivity index (χ0v) is 15.2. The molecule has 0 radical (unpaired) electrons. The molecule has 0 spiro atoms. The van der Waals surface area contributed by atoms with E-state index in [0.29, 0.717) is 23.5 Å². The first kappa shape index (κ1) is 18.6. The number of benzene rings is 2. The molecule has 2 amide bonds. The van der Waals surface area contributed by atoms with Crippen LogP contribution in [0.1, 0.15) is 28.8 Å². The Morgan fingerprint density at radius 1 is 1.11 bits per heavy atom. The lowest BCUT2D eigenvalue weighted by Gasteiger charge is -2.26. The number of carbonyl (C=O) groups excluding carboxylic acids is 3. The highest BCUT2D eigenvalue weighted by Crippen LogP contribution is 2.32. The molecular formula is C21H22N2O4. The molecule has 0 atom stereocenters. The topological polar surface area (TPSA) is 75.7 Å². The molecule has 1 aliphatic heterocycles. The van der Waals surface area contributed by atoms with Crippen molar-refractivity contribution in [2.45, 2.75) is 19.3 Å². The van der Waals surface area contributed by atoms with Crippen LogP contribution in [-0.2, 0) is 16.0 Å². The maximum atomic E-state index is 12.4. The SMILES string of the molecule is CN1C(=O)COc2ccc(C(=O)CCC(=O)NCCc3ccccc3)cc21. The molecule has 2 aromatic carbocycles. The van der Waals surface area contributed by atoms with Crippen LogP contribution in [0.4, 0.5) is 5.69 Å². The summed E-state index contributed by atoms with van der Waals surface area (Å²) in [4.78, 5) is 37.6. The van der Waals surface area contributed by atoms with Gasteiger partial charge in [-0.25, -0.2) is 0 Å². The van der Waals surface area contributed by atoms with E-state index in [2.05, 4.69) is 5.32 Å². The normalized spacial score (nSPS) is 12.9. The molecule has 27 heavy (non-hydrogen) atoms. The smallest absolute Gasteiger partial charge is 0.264 e. The van der Waals surface area contributed by atoms with Gasteiger partial charge in [0.1, 0.15) is 5.75 Å². The Kier molecular flexibility index (Phi) is 5.86. The third-order valence-corrected chi connectivity index (χ3v) is 4.53. The zero-order chi connectivity index (χ0) is 19.2. The quantitative estimate of drug-likeness (QED) is 0.764. The molecule has 0 bridgehead atoms. The van der Waals surface area contributed by atoms with E-state index in [-0.39, 0.29) is 37.0 Å². The lowest BCUT2D eigenvalue weighted by molar-refractivity contribution is -0.121. The van der Waals surface area contributed by atoms with Crippen LogP contribution in [0.25, 0.3) is 0 Å². The molecule has 2 aromatic rings. The van der Waals surface area contributed by atoms with Crippen molar-refractivity contribution in [3.8, 4) is 5.75 Å². The summed E-state index contributed by atoms with van der Waals surface area (Å²) < 4.78 is 5.35. The Labute approximate surface area is 158 Å². The van der Waals surface area contributed by atoms with Crippen LogP contribution >= 0.6 is 0 Å². The number of hydrogen-bond acceptors (Lipinski definition) is 4. The second-order valence-corrected chi connectivity index (χ2v) is 6.43. The third-order valence-electron chi connectivity index (χ3n) is 4.53. The van der Waals surface area contributed by atoms with E-state index >= 15 is 0 Å². The molecule has 1 N–H and O–H groups in total. The van der Waals surface area contributed by atoms with Gasteiger partial charge in [0.15, 0.2) is 12.4 Å². The third kappa shape index (κ3) is 4.73. The number of likely N-dealkylation sites (N-methyl/N-ethyl adjacent to an activating group) is 1. The predicted molar refractivity (Wildman–Crippen MR) is 102 cm³/mol. The van der Waals surface area contributed by atoms with E-state index in [1.54, 1.807) is 25.2 Å². The van der Waals surface area contributed by atoms with Gasteiger partial charge >= 0.3 is 0 Å². The number of rotatable bonds is 7. The lowest BCUT2D eigenvalue weighted by Crippen LogP contribution is -2.35. The number of ether oxygens (including phenoxy) is 1. The standard InChI is InChI=1S/C21H22N2O4/c1-23-17-13-16(7-9-19(17)27-14-21(23)26)18(24)8-10-20(25)22-12-11-15-5-3-2-4-6-15/h2-7,9,13H,8,10-12,14H2,1H3,(H,22,25). The van der Waals surface area contributed by atoms with Gasteiger partial charge in [-0.2, -0.15) is 0 Å². The fourth-order valence-electron chi connectivity index (χ4n) is 2.90. The Morgan fingerprint density at radius 3 is 2.67 bits per heavy atom. The first-order valence-corrected chi connectivity index (χ1v) is 8.92. The lowest BCUT2D eigenvalue weighted by atomic mass is 10.0. The highest BCUT2D eigenvalue weighted by Gasteiger charge is 2.23. The van der Waals surface area contributed by atoms with Gasteiger partial charge in [0, 0.05) is 32.0 Å². The molecular weight excluding hydrogens is 344 g/mol. The molecule has 1 aliphatic rings. The number of Topliss-reactive ketones (excluding diaryl/α,β-unsaturated/α-hetero) is 1. The molecule has 6 heteroatoms. The van der Waals surface area contributed by atoms with E-state index in [1.807, 2.05) is 30.3 Å². The van der Waals surface area contributed by atoms with Crippen molar-refractivity contribution in [3.05, 3.63) is 59.7 Å². The Balaban J connectivity index is 1.49. The predicted octanol–water partition coefficient (Wildman–Crippen LogP) is 2.36. The number of anilines is 1. The van der Waals surface area contributed by atoms with Gasteiger partial charge in [-0.3, -0.25) is 14.4 Å². The maximum absolute atomic E-state index is 12.4. The molecule has 0 aliphatic carbocycles. The Morgan fingerprint density at radius 2 is 1.89 bits per heavy atom. The van der Waals surface area contributed by atoms with Crippen LogP contribution in [0.5, 0.6) is 5.75 Å². The van der Waals surface area contributed by atoms with Crippen LogP contribution in [0.3, 0.4) is 0 Å². The number of nitrogens with zero attached hydrogens (tertiary/aromatic N) is 1. The summed E-state index contributed by atoms with van der Waals surface area (Å²) in [6.07, 6.45) is 1.01. The van der Waals surface area contributed by atoms with Crippen molar-refractivity contribution in [2.75, 3.05) is 25.1 Å². The maximum Gasteiger partial charge on any atom is 0.264 e. The van der Waals surface area contributed by atoms with Crippen molar-refractivity contribution in [1.29, 1.82) is 0 Å². The summed E-state index contributed by atoms with van der Waals surface area (Å²) >= 11 is 0. The second kappa shape index (κ2) is 8.49. The molecule has 0 aromatic heterocycles. The van der Waals surface area contributed by atoms with Gasteiger partial charge in [-0.15, -0.1) is 0 Å². The number of fused-ring (bicyclic) bond motifs is 1. The number of carbonyl (C=O) groups is 3. The number of amides is 2. The van der Waals surface area contributed by atoms with E-state index in [9.17, 15) is 14.4 Å². The largest absolute Gasteiger partial charge is 0.482 e. The first-order valence-electron chi connectivity index (χ1n) is 8.92. The second-order valence-electron chi connectivity index (χ2n) is 6.43. The van der Waals surface area contributed by atoms with E-state index in [1.165, 1.54) is 4.90 Å². The minimum Gasteiger partial charge on any atom is -0.482 e. The molecule has 0 unspecified atom stereocenters. The monoisotopic (exact) mass is 366 g/mol. The summed E-state index contributed by atoms with van der Waals surface area (Å²) in [7, 11) is 1.65. The van der Waals surface area contributed by atoms with Crippen molar-refractivity contribution in [3.63, 3.8) is 0 Å². The fourth-order valence-corrected chi connectivity index (χ4v) is 2.90. The van der Waals surface area contributed by atoms with Crippen LogP contribution in [0.15, 0.2) is 48.5 Å². The summed E-state index contributed by atoms with van der Waals surface area (Å²) in [5.74, 6) is 0.132.